The molecule has 0 N–H and O–H groups in total. The van der Waals surface area contributed by atoms with Crippen molar-refractivity contribution in [2.24, 2.45) is 0 Å². The van der Waals surface area contributed by atoms with Crippen molar-refractivity contribution >= 4 is 81.3 Å². The Morgan fingerprint density at radius 3 is 1.87 bits per heavy atom. The number of thiophene rings is 1. The molecule has 0 fully saturated rings. The molecule has 0 unspecified atom stereocenters. The Labute approximate surface area is 410 Å². The van der Waals surface area contributed by atoms with Crippen molar-refractivity contribution in [2.75, 3.05) is 4.90 Å². The van der Waals surface area contributed by atoms with Crippen molar-refractivity contribution in [3.05, 3.63) is 242 Å². The summed E-state index contributed by atoms with van der Waals surface area (Å²) in [5.74, 6) is 0.705. The Balaban J connectivity index is 0.879. The number of para-hydroxylation sites is 2. The second kappa shape index (κ2) is 15.7. The minimum absolute atomic E-state index is 0.0736. The van der Waals surface area contributed by atoms with E-state index in [1.54, 1.807) is 0 Å². The second-order valence-electron chi connectivity index (χ2n) is 19.0. The maximum atomic E-state index is 5.32. The molecule has 13 aromatic rings. The first-order valence-corrected chi connectivity index (χ1v) is 24.8. The Bertz CT molecular complexity index is 4200. The van der Waals surface area contributed by atoms with Crippen LogP contribution in [0.5, 0.6) is 0 Å². The average molecular weight is 913 g/mol. The molecule has 0 atom stereocenters. The van der Waals surface area contributed by atoms with Crippen LogP contribution in [0, 0.1) is 0 Å². The molecule has 1 aliphatic rings. The van der Waals surface area contributed by atoms with Gasteiger partial charge in [0.25, 0.3) is 0 Å². The van der Waals surface area contributed by atoms with E-state index in [1.165, 1.54) is 58.9 Å². The maximum absolute atomic E-state index is 5.32. The van der Waals surface area contributed by atoms with Crippen LogP contribution in [0.1, 0.15) is 25.0 Å². The summed E-state index contributed by atoms with van der Waals surface area (Å²) in [4.78, 5) is 12.9. The summed E-state index contributed by atoms with van der Waals surface area (Å²) < 4.78 is 4.99. The van der Waals surface area contributed by atoms with Gasteiger partial charge in [-0.15, -0.1) is 11.3 Å². The Morgan fingerprint density at radius 1 is 0.400 bits per heavy atom. The van der Waals surface area contributed by atoms with Gasteiger partial charge >= 0.3 is 0 Å². The fraction of sp³-hybridized carbons (Fsp3) is 0.0462. The van der Waals surface area contributed by atoms with Gasteiger partial charge < -0.3 is 9.47 Å². The number of hydrogen-bond donors (Lipinski definition) is 0. The first-order valence-electron chi connectivity index (χ1n) is 24.0. The molecule has 0 amide bonds. The SMILES string of the molecule is CC1(C)c2ccccc2-c2cc(N(c3ccc(-n4c5ccccc5c5cc(-c6nc(-c7ccc(-c8ccccc8)cc7)c7ccccc7n6)ccc54)cc3)c3ccc4sc5ccccc5c4c3)ccc21. The average Bonchev–Trinajstić information content (AvgIpc) is 4.03. The molecule has 330 valence electrons. The van der Waals surface area contributed by atoms with Crippen molar-refractivity contribution < 1.29 is 0 Å². The Kier molecular flexibility index (Phi) is 9.07. The highest BCUT2D eigenvalue weighted by atomic mass is 32.1. The Hall–Kier alpha value is -8.64. The molecule has 0 spiro atoms. The van der Waals surface area contributed by atoms with Crippen molar-refractivity contribution in [2.45, 2.75) is 19.3 Å². The van der Waals surface area contributed by atoms with E-state index < -0.39 is 0 Å². The topological polar surface area (TPSA) is 34.0 Å². The monoisotopic (exact) mass is 912 g/mol. The number of benzene rings is 10. The molecule has 3 heterocycles. The van der Waals surface area contributed by atoms with E-state index in [2.05, 4.69) is 254 Å². The quantitative estimate of drug-likeness (QED) is 0.160. The third-order valence-corrected chi connectivity index (χ3v) is 15.8. The third-order valence-electron chi connectivity index (χ3n) is 14.6. The first kappa shape index (κ1) is 40.4. The van der Waals surface area contributed by atoms with E-state index in [-0.39, 0.29) is 5.41 Å². The maximum Gasteiger partial charge on any atom is 0.160 e. The molecule has 0 saturated carbocycles. The molecule has 1 aliphatic carbocycles. The molecule has 0 bridgehead atoms. The number of fused-ring (bicyclic) bond motifs is 10. The number of nitrogens with zero attached hydrogens (tertiary/aromatic N) is 4. The summed E-state index contributed by atoms with van der Waals surface area (Å²) >= 11 is 1.85. The van der Waals surface area contributed by atoms with Crippen LogP contribution >= 0.6 is 11.3 Å². The van der Waals surface area contributed by atoms with Gasteiger partial charge in [-0.2, -0.15) is 0 Å². The predicted octanol–water partition coefficient (Wildman–Crippen LogP) is 17.9. The smallest absolute Gasteiger partial charge is 0.160 e. The van der Waals surface area contributed by atoms with E-state index in [1.807, 2.05) is 11.3 Å². The van der Waals surface area contributed by atoms with Crippen molar-refractivity contribution in [1.29, 1.82) is 0 Å². The molecule has 0 aliphatic heterocycles. The molecule has 5 heteroatoms. The van der Waals surface area contributed by atoms with Crippen LogP contribution in [-0.4, -0.2) is 14.5 Å². The summed E-state index contributed by atoms with van der Waals surface area (Å²) in [6.07, 6.45) is 0. The summed E-state index contributed by atoms with van der Waals surface area (Å²) in [6.45, 7) is 4.69. The zero-order valence-electron chi connectivity index (χ0n) is 38.6. The Morgan fingerprint density at radius 2 is 1.01 bits per heavy atom. The van der Waals surface area contributed by atoms with E-state index in [0.717, 1.165) is 66.9 Å². The molecule has 0 saturated heterocycles. The summed E-state index contributed by atoms with van der Waals surface area (Å²) in [6, 6.07) is 83.7. The summed E-state index contributed by atoms with van der Waals surface area (Å²) in [5.41, 5.74) is 18.2. The number of hydrogen-bond acceptors (Lipinski definition) is 4. The van der Waals surface area contributed by atoms with Crippen LogP contribution in [-0.2, 0) is 5.41 Å². The van der Waals surface area contributed by atoms with Gasteiger partial charge in [-0.05, 0) is 124 Å². The molecule has 4 nitrogen and oxygen atoms in total. The van der Waals surface area contributed by atoms with Gasteiger partial charge in [0.15, 0.2) is 5.82 Å². The lowest BCUT2D eigenvalue weighted by Crippen LogP contribution is -2.15. The van der Waals surface area contributed by atoms with E-state index in [0.29, 0.717) is 5.82 Å². The lowest BCUT2D eigenvalue weighted by molar-refractivity contribution is 0.660. The van der Waals surface area contributed by atoms with Gasteiger partial charge in [0.2, 0.25) is 0 Å². The third kappa shape index (κ3) is 6.36. The highest BCUT2D eigenvalue weighted by Gasteiger charge is 2.35. The van der Waals surface area contributed by atoms with Gasteiger partial charge in [-0.25, -0.2) is 9.97 Å². The van der Waals surface area contributed by atoms with E-state index in [4.69, 9.17) is 9.97 Å². The van der Waals surface area contributed by atoms with Crippen molar-refractivity contribution in [3.63, 3.8) is 0 Å². The lowest BCUT2D eigenvalue weighted by Gasteiger charge is -2.27. The van der Waals surface area contributed by atoms with Crippen LogP contribution in [0.4, 0.5) is 17.1 Å². The molecule has 0 radical (unpaired) electrons. The molecular weight excluding hydrogens is 869 g/mol. The fourth-order valence-electron chi connectivity index (χ4n) is 11.2. The first-order chi connectivity index (χ1) is 34.4. The highest BCUT2D eigenvalue weighted by molar-refractivity contribution is 7.25. The van der Waals surface area contributed by atoms with Crippen LogP contribution in [0.3, 0.4) is 0 Å². The van der Waals surface area contributed by atoms with E-state index in [9.17, 15) is 0 Å². The number of rotatable bonds is 7. The van der Waals surface area contributed by atoms with Gasteiger partial charge in [-0.1, -0.05) is 153 Å². The molecule has 10 aromatic carbocycles. The van der Waals surface area contributed by atoms with Crippen molar-refractivity contribution in [1.82, 2.24) is 14.5 Å². The summed E-state index contributed by atoms with van der Waals surface area (Å²) in [7, 11) is 0. The van der Waals surface area contributed by atoms with Gasteiger partial charge in [0.1, 0.15) is 0 Å². The van der Waals surface area contributed by atoms with E-state index >= 15 is 0 Å². The zero-order valence-corrected chi connectivity index (χ0v) is 39.5. The number of aromatic nitrogens is 3. The molecule has 3 aromatic heterocycles. The lowest BCUT2D eigenvalue weighted by atomic mass is 9.82. The van der Waals surface area contributed by atoms with Crippen LogP contribution in [0.15, 0.2) is 231 Å². The standard InChI is InChI=1S/C65H44N4S/c1-65(2)56-20-10-6-16-49(56)53-39-47(33-35-57(53)65)68(48-34-37-62-55(40-48)51-18-9-13-23-61(51)70-62)45-29-31-46(32-30-45)69-59-22-12-8-17-50(59)54-38-44(28-36-60(54)69)64-66-58-21-11-7-19-52(58)63(67-64)43-26-24-42(25-27-43)41-14-4-3-5-15-41/h3-40H,1-2H3. The van der Waals surface area contributed by atoms with Gasteiger partial charge in [0.05, 0.1) is 22.2 Å². The van der Waals surface area contributed by atoms with Crippen LogP contribution in [0.2, 0.25) is 0 Å². The summed E-state index contributed by atoms with van der Waals surface area (Å²) in [5, 5.41) is 5.94. The van der Waals surface area contributed by atoms with Gasteiger partial charge in [-0.3, -0.25) is 0 Å². The second-order valence-corrected chi connectivity index (χ2v) is 20.1. The fourth-order valence-corrected chi connectivity index (χ4v) is 12.3. The van der Waals surface area contributed by atoms with Crippen LogP contribution in [0.25, 0.3) is 103 Å². The van der Waals surface area contributed by atoms with Crippen LogP contribution < -0.4 is 4.90 Å². The molecular formula is C65H44N4S. The normalized spacial score (nSPS) is 12.8. The van der Waals surface area contributed by atoms with Crippen molar-refractivity contribution in [3.8, 4) is 50.6 Å². The minimum Gasteiger partial charge on any atom is -0.310 e. The predicted molar refractivity (Wildman–Crippen MR) is 295 cm³/mol. The number of anilines is 3. The largest absolute Gasteiger partial charge is 0.310 e. The zero-order chi connectivity index (χ0) is 46.5. The highest BCUT2D eigenvalue weighted by Crippen LogP contribution is 2.51. The molecule has 14 rings (SSSR count). The van der Waals surface area contributed by atoms with Gasteiger partial charge in [0, 0.05) is 75.6 Å². The molecule has 70 heavy (non-hydrogen) atoms. The minimum atomic E-state index is -0.0736.